The molecule has 29 heavy (non-hydrogen) atoms. The van der Waals surface area contributed by atoms with Crippen molar-refractivity contribution in [3.05, 3.63) is 64.7 Å². The molecule has 3 atom stereocenters. The van der Waals surface area contributed by atoms with Crippen LogP contribution in [0, 0.1) is 5.92 Å². The molecule has 0 aromatic carbocycles. The Hall–Kier alpha value is -2.47. The van der Waals surface area contributed by atoms with Crippen LogP contribution in [0.25, 0.3) is 5.52 Å². The second kappa shape index (κ2) is 9.35. The summed E-state index contributed by atoms with van der Waals surface area (Å²) in [4.78, 5) is 22.6. The number of nitrogens with one attached hydrogen (secondary N) is 1. The Kier molecular flexibility index (Phi) is 6.85. The van der Waals surface area contributed by atoms with E-state index in [1.54, 1.807) is 16.8 Å². The Morgan fingerprint density at radius 1 is 1.45 bits per heavy atom. The molecule has 1 aliphatic heterocycles. The van der Waals surface area contributed by atoms with Gasteiger partial charge in [0, 0.05) is 31.5 Å². The summed E-state index contributed by atoms with van der Waals surface area (Å²) in [5.41, 5.74) is 1.69. The maximum atomic E-state index is 12.7. The van der Waals surface area contributed by atoms with E-state index in [9.17, 15) is 4.79 Å². The number of fused-ring (bicyclic) bond motifs is 1. The lowest BCUT2D eigenvalue weighted by molar-refractivity contribution is 0.356. The summed E-state index contributed by atoms with van der Waals surface area (Å²) in [6, 6.07) is 0. The zero-order chi connectivity index (χ0) is 21.0. The molecule has 3 rings (SSSR count). The van der Waals surface area contributed by atoms with Gasteiger partial charge in [-0.2, -0.15) is 5.10 Å². The molecule has 1 saturated heterocycles. The van der Waals surface area contributed by atoms with Crippen LogP contribution in [0.3, 0.4) is 0 Å². The predicted molar refractivity (Wildman–Crippen MR) is 118 cm³/mol. The molecule has 3 unspecified atom stereocenters. The van der Waals surface area contributed by atoms with Crippen LogP contribution < -0.4 is 5.56 Å². The van der Waals surface area contributed by atoms with Gasteiger partial charge < -0.3 is 4.98 Å². The summed E-state index contributed by atoms with van der Waals surface area (Å²) >= 11 is 0. The minimum absolute atomic E-state index is 0.105. The lowest BCUT2D eigenvalue weighted by Gasteiger charge is -2.16. The van der Waals surface area contributed by atoms with Gasteiger partial charge in [0.05, 0.1) is 6.20 Å². The molecule has 0 bridgehead atoms. The average molecular weight is 396 g/mol. The van der Waals surface area contributed by atoms with Crippen LogP contribution in [0.1, 0.15) is 64.0 Å². The molecule has 2 aromatic rings. The number of rotatable bonds is 8. The van der Waals surface area contributed by atoms with Crippen LogP contribution in [0.4, 0.5) is 0 Å². The van der Waals surface area contributed by atoms with Crippen LogP contribution in [0.15, 0.2) is 47.4 Å². The quantitative estimate of drug-likeness (QED) is 0.685. The molecule has 1 aliphatic rings. The first-order valence-electron chi connectivity index (χ1n) is 10.6. The lowest BCUT2D eigenvalue weighted by Crippen LogP contribution is -2.24. The van der Waals surface area contributed by atoms with E-state index < -0.39 is 0 Å². The number of H-pyrrole nitrogens is 1. The summed E-state index contributed by atoms with van der Waals surface area (Å²) in [6.07, 6.45) is 11.8. The summed E-state index contributed by atoms with van der Waals surface area (Å²) in [7, 11) is 0. The van der Waals surface area contributed by atoms with Crippen molar-refractivity contribution in [2.75, 3.05) is 19.6 Å². The SMILES string of the molecule is C=C/C=C\C(=C/C)CN1CC(C)C(c2nn3c(C(C)CCC)ncc3c(=O)[nH]2)C1. The highest BCUT2D eigenvalue weighted by atomic mass is 16.1. The largest absolute Gasteiger partial charge is 0.307 e. The van der Waals surface area contributed by atoms with Gasteiger partial charge in [-0.1, -0.05) is 58.1 Å². The fourth-order valence-electron chi connectivity index (χ4n) is 4.24. The van der Waals surface area contributed by atoms with Gasteiger partial charge in [0.25, 0.3) is 5.56 Å². The molecule has 0 aliphatic carbocycles. The Labute approximate surface area is 173 Å². The van der Waals surface area contributed by atoms with Crippen LogP contribution in [-0.2, 0) is 0 Å². The van der Waals surface area contributed by atoms with Crippen molar-refractivity contribution in [2.45, 2.75) is 52.4 Å². The molecular weight excluding hydrogens is 362 g/mol. The fourth-order valence-corrected chi connectivity index (χ4v) is 4.24. The molecule has 0 spiro atoms. The third-order valence-electron chi connectivity index (χ3n) is 5.87. The number of aromatic amines is 1. The van der Waals surface area contributed by atoms with Gasteiger partial charge in [0.2, 0.25) is 0 Å². The van der Waals surface area contributed by atoms with Gasteiger partial charge in [-0.15, -0.1) is 0 Å². The van der Waals surface area contributed by atoms with E-state index in [-0.39, 0.29) is 17.4 Å². The maximum Gasteiger partial charge on any atom is 0.276 e. The minimum Gasteiger partial charge on any atom is -0.307 e. The van der Waals surface area contributed by atoms with E-state index in [2.05, 4.69) is 61.3 Å². The standard InChI is InChI=1S/C23H33N5O/c1-6-9-11-18(8-3)14-27-13-17(5)19(15-27)21-25-23(29)20-12-24-22(28(20)26-21)16(4)10-7-2/h6,8-9,11-12,16-17,19H,1,7,10,13-15H2,2-5H3,(H,25,26,29)/b11-9-,18-8+. The Morgan fingerprint density at radius 3 is 2.93 bits per heavy atom. The molecule has 0 amide bonds. The van der Waals surface area contributed by atoms with Crippen LogP contribution >= 0.6 is 0 Å². The zero-order valence-electron chi connectivity index (χ0n) is 18.1. The molecule has 0 radical (unpaired) electrons. The Morgan fingerprint density at radius 2 is 2.24 bits per heavy atom. The molecule has 0 saturated carbocycles. The normalized spacial score (nSPS) is 22.0. The summed E-state index contributed by atoms with van der Waals surface area (Å²) in [6.45, 7) is 15.1. The van der Waals surface area contributed by atoms with E-state index in [1.807, 2.05) is 6.08 Å². The van der Waals surface area contributed by atoms with Crippen molar-refractivity contribution in [1.82, 2.24) is 24.5 Å². The second-order valence-electron chi connectivity index (χ2n) is 8.18. The molecule has 6 nitrogen and oxygen atoms in total. The Balaban J connectivity index is 1.86. The highest BCUT2D eigenvalue weighted by Crippen LogP contribution is 2.30. The molecule has 6 heteroatoms. The number of nitrogens with zero attached hydrogens (tertiary/aromatic N) is 4. The first-order chi connectivity index (χ1) is 14.0. The van der Waals surface area contributed by atoms with Gasteiger partial charge in [0.1, 0.15) is 11.6 Å². The van der Waals surface area contributed by atoms with E-state index in [4.69, 9.17) is 5.10 Å². The van der Waals surface area contributed by atoms with Gasteiger partial charge in [-0.3, -0.25) is 9.69 Å². The van der Waals surface area contributed by atoms with Crippen molar-refractivity contribution in [3.8, 4) is 0 Å². The number of hydrogen-bond donors (Lipinski definition) is 1. The first kappa shape index (κ1) is 21.2. The van der Waals surface area contributed by atoms with Gasteiger partial charge in [0.15, 0.2) is 5.52 Å². The molecule has 1 N–H and O–H groups in total. The van der Waals surface area contributed by atoms with Crippen molar-refractivity contribution in [2.24, 2.45) is 5.92 Å². The number of imidazole rings is 1. The smallest absolute Gasteiger partial charge is 0.276 e. The number of aromatic nitrogens is 4. The van der Waals surface area contributed by atoms with Crippen LogP contribution in [-0.4, -0.2) is 44.1 Å². The predicted octanol–water partition coefficient (Wildman–Crippen LogP) is 4.05. The topological polar surface area (TPSA) is 66.3 Å². The van der Waals surface area contributed by atoms with Crippen molar-refractivity contribution >= 4 is 5.52 Å². The zero-order valence-corrected chi connectivity index (χ0v) is 18.1. The van der Waals surface area contributed by atoms with Crippen molar-refractivity contribution in [1.29, 1.82) is 0 Å². The third kappa shape index (κ3) is 4.58. The second-order valence-corrected chi connectivity index (χ2v) is 8.18. The van der Waals surface area contributed by atoms with Crippen LogP contribution in [0.2, 0.25) is 0 Å². The molecule has 3 heterocycles. The average Bonchev–Trinajstić information content (AvgIpc) is 3.29. The number of hydrogen-bond acceptors (Lipinski definition) is 4. The summed E-state index contributed by atoms with van der Waals surface area (Å²) in [5, 5.41) is 4.85. The summed E-state index contributed by atoms with van der Waals surface area (Å²) < 4.78 is 1.77. The summed E-state index contributed by atoms with van der Waals surface area (Å²) in [5.74, 6) is 2.53. The number of allylic oxidation sites excluding steroid dienone is 3. The first-order valence-corrected chi connectivity index (χ1v) is 10.6. The third-order valence-corrected chi connectivity index (χ3v) is 5.87. The molecule has 2 aromatic heterocycles. The van der Waals surface area contributed by atoms with E-state index in [0.29, 0.717) is 11.4 Å². The molecule has 1 fully saturated rings. The van der Waals surface area contributed by atoms with Gasteiger partial charge in [-0.05, 0) is 24.8 Å². The van der Waals surface area contributed by atoms with Crippen LogP contribution in [0.5, 0.6) is 0 Å². The lowest BCUT2D eigenvalue weighted by atomic mass is 9.97. The number of likely N-dealkylation sites (tertiary alicyclic amines) is 1. The van der Waals surface area contributed by atoms with Crippen molar-refractivity contribution < 1.29 is 0 Å². The molecule has 156 valence electrons. The van der Waals surface area contributed by atoms with Gasteiger partial charge in [-0.25, -0.2) is 9.50 Å². The highest BCUT2D eigenvalue weighted by molar-refractivity contribution is 5.42. The maximum absolute atomic E-state index is 12.7. The van der Waals surface area contributed by atoms with Gasteiger partial charge >= 0.3 is 0 Å². The van der Waals surface area contributed by atoms with E-state index >= 15 is 0 Å². The highest BCUT2D eigenvalue weighted by Gasteiger charge is 2.33. The van der Waals surface area contributed by atoms with E-state index in [1.165, 1.54) is 5.57 Å². The Bertz CT molecular complexity index is 967. The minimum atomic E-state index is -0.105. The monoisotopic (exact) mass is 395 g/mol. The van der Waals surface area contributed by atoms with E-state index in [0.717, 1.165) is 44.1 Å². The fraction of sp³-hybridized carbons (Fsp3) is 0.522. The molecular formula is C23H33N5O. The van der Waals surface area contributed by atoms with Crippen molar-refractivity contribution in [3.63, 3.8) is 0 Å².